The van der Waals surface area contributed by atoms with Crippen molar-refractivity contribution in [2.24, 2.45) is 0 Å². The van der Waals surface area contributed by atoms with Crippen LogP contribution in [0.5, 0.6) is 11.5 Å². The van der Waals surface area contributed by atoms with Gasteiger partial charge in [-0.3, -0.25) is 4.79 Å². The third-order valence-electron chi connectivity index (χ3n) is 4.09. The molecule has 0 saturated carbocycles. The third-order valence-corrected chi connectivity index (χ3v) is 4.09. The van der Waals surface area contributed by atoms with Crippen molar-refractivity contribution in [3.05, 3.63) is 18.2 Å². The standard InChI is InChI=1S/C17H27N3O3/c1-18-7-4-5-17(21)19-13-6-8-20(12-13)14-9-15(22-2)11-16(10-14)23-3/h9-11,13,18H,4-8,12H2,1-3H3,(H,19,21). The van der Waals surface area contributed by atoms with Gasteiger partial charge in [0, 0.05) is 49.4 Å². The monoisotopic (exact) mass is 321 g/mol. The summed E-state index contributed by atoms with van der Waals surface area (Å²) < 4.78 is 10.6. The molecule has 2 N–H and O–H groups in total. The first-order valence-electron chi connectivity index (χ1n) is 8.08. The van der Waals surface area contributed by atoms with Crippen molar-refractivity contribution in [3.8, 4) is 11.5 Å². The molecule has 1 atom stereocenters. The van der Waals surface area contributed by atoms with E-state index in [-0.39, 0.29) is 11.9 Å². The van der Waals surface area contributed by atoms with E-state index in [2.05, 4.69) is 15.5 Å². The van der Waals surface area contributed by atoms with E-state index in [9.17, 15) is 4.79 Å². The van der Waals surface area contributed by atoms with Crippen molar-refractivity contribution in [1.82, 2.24) is 10.6 Å². The molecule has 0 radical (unpaired) electrons. The number of hydrogen-bond acceptors (Lipinski definition) is 5. The Balaban J connectivity index is 1.91. The summed E-state index contributed by atoms with van der Waals surface area (Å²) in [5, 5.41) is 6.18. The molecule has 6 heteroatoms. The SMILES string of the molecule is CNCCCC(=O)NC1CCN(c2cc(OC)cc(OC)c2)C1. The largest absolute Gasteiger partial charge is 0.497 e. The molecule has 1 fully saturated rings. The summed E-state index contributed by atoms with van der Waals surface area (Å²) in [5.41, 5.74) is 1.06. The topological polar surface area (TPSA) is 62.8 Å². The van der Waals surface area contributed by atoms with Crippen LogP contribution in [0.25, 0.3) is 0 Å². The zero-order chi connectivity index (χ0) is 16.7. The molecule has 2 rings (SSSR count). The maximum absolute atomic E-state index is 11.9. The van der Waals surface area contributed by atoms with Gasteiger partial charge in [0.2, 0.25) is 5.91 Å². The molecule has 1 amide bonds. The van der Waals surface area contributed by atoms with Gasteiger partial charge in [-0.25, -0.2) is 0 Å². The first-order chi connectivity index (χ1) is 11.2. The number of rotatable bonds is 8. The average molecular weight is 321 g/mol. The van der Waals surface area contributed by atoms with Crippen molar-refractivity contribution < 1.29 is 14.3 Å². The van der Waals surface area contributed by atoms with E-state index in [1.165, 1.54) is 0 Å². The van der Waals surface area contributed by atoms with E-state index in [0.29, 0.717) is 6.42 Å². The summed E-state index contributed by atoms with van der Waals surface area (Å²) >= 11 is 0. The fourth-order valence-electron chi connectivity index (χ4n) is 2.81. The Bertz CT molecular complexity index is 500. The highest BCUT2D eigenvalue weighted by molar-refractivity contribution is 5.76. The molecule has 0 bridgehead atoms. The minimum atomic E-state index is 0.135. The lowest BCUT2D eigenvalue weighted by Gasteiger charge is -2.20. The number of nitrogens with one attached hydrogen (secondary N) is 2. The van der Waals surface area contributed by atoms with Gasteiger partial charge in [0.1, 0.15) is 11.5 Å². The molecule has 1 aliphatic rings. The van der Waals surface area contributed by atoms with Gasteiger partial charge in [-0.15, -0.1) is 0 Å². The molecular weight excluding hydrogens is 294 g/mol. The summed E-state index contributed by atoms with van der Waals surface area (Å²) in [4.78, 5) is 14.2. The van der Waals surface area contributed by atoms with Crippen LogP contribution < -0.4 is 25.0 Å². The number of nitrogens with zero attached hydrogens (tertiary/aromatic N) is 1. The van der Waals surface area contributed by atoms with Crippen LogP contribution in [0.2, 0.25) is 0 Å². The van der Waals surface area contributed by atoms with Gasteiger partial charge in [-0.1, -0.05) is 0 Å². The Labute approximate surface area is 138 Å². The second-order valence-electron chi connectivity index (χ2n) is 5.78. The predicted molar refractivity (Wildman–Crippen MR) is 91.5 cm³/mol. The fraction of sp³-hybridized carbons (Fsp3) is 0.588. The van der Waals surface area contributed by atoms with E-state index < -0.39 is 0 Å². The first-order valence-corrected chi connectivity index (χ1v) is 8.08. The summed E-state index contributed by atoms with van der Waals surface area (Å²) in [6.45, 7) is 2.60. The molecule has 0 aliphatic carbocycles. The van der Waals surface area contributed by atoms with Crippen LogP contribution in [0.1, 0.15) is 19.3 Å². The van der Waals surface area contributed by atoms with Crippen molar-refractivity contribution in [2.75, 3.05) is 45.8 Å². The van der Waals surface area contributed by atoms with E-state index in [1.54, 1.807) is 14.2 Å². The third kappa shape index (κ3) is 5.03. The zero-order valence-corrected chi connectivity index (χ0v) is 14.2. The Hall–Kier alpha value is -1.95. The lowest BCUT2D eigenvalue weighted by molar-refractivity contribution is -0.121. The van der Waals surface area contributed by atoms with Crippen molar-refractivity contribution in [1.29, 1.82) is 0 Å². The molecule has 1 aliphatic heterocycles. The van der Waals surface area contributed by atoms with E-state index in [4.69, 9.17) is 9.47 Å². The number of ether oxygens (including phenoxy) is 2. The van der Waals surface area contributed by atoms with Gasteiger partial charge in [-0.2, -0.15) is 0 Å². The van der Waals surface area contributed by atoms with E-state index in [0.717, 1.165) is 49.7 Å². The highest BCUT2D eigenvalue weighted by Crippen LogP contribution is 2.30. The number of anilines is 1. The van der Waals surface area contributed by atoms with Crippen molar-refractivity contribution in [3.63, 3.8) is 0 Å². The first kappa shape index (κ1) is 17.4. The molecular formula is C17H27N3O3. The zero-order valence-electron chi connectivity index (χ0n) is 14.2. The number of hydrogen-bond donors (Lipinski definition) is 2. The number of amides is 1. The average Bonchev–Trinajstić information content (AvgIpc) is 3.03. The van der Waals surface area contributed by atoms with Gasteiger partial charge < -0.3 is 25.0 Å². The number of benzene rings is 1. The van der Waals surface area contributed by atoms with Crippen LogP contribution in [0, 0.1) is 0 Å². The normalized spacial score (nSPS) is 17.2. The fourth-order valence-corrected chi connectivity index (χ4v) is 2.81. The summed E-state index contributed by atoms with van der Waals surface area (Å²) in [5.74, 6) is 1.69. The predicted octanol–water partition coefficient (Wildman–Crippen LogP) is 1.40. The number of carbonyl (C=O) groups excluding carboxylic acids is 1. The van der Waals surface area contributed by atoms with Crippen LogP contribution in [-0.4, -0.2) is 52.9 Å². The summed E-state index contributed by atoms with van der Waals surface area (Å²) in [6, 6.07) is 6.06. The van der Waals surface area contributed by atoms with Gasteiger partial charge in [0.25, 0.3) is 0 Å². The molecule has 1 aromatic rings. The van der Waals surface area contributed by atoms with Crippen LogP contribution in [0.15, 0.2) is 18.2 Å². The maximum atomic E-state index is 11.9. The maximum Gasteiger partial charge on any atom is 0.220 e. The smallest absolute Gasteiger partial charge is 0.220 e. The molecule has 0 spiro atoms. The second-order valence-corrected chi connectivity index (χ2v) is 5.78. The number of methoxy groups -OCH3 is 2. The van der Waals surface area contributed by atoms with Crippen LogP contribution in [0.3, 0.4) is 0 Å². The molecule has 128 valence electrons. The molecule has 1 heterocycles. The van der Waals surface area contributed by atoms with Crippen LogP contribution >= 0.6 is 0 Å². The van der Waals surface area contributed by atoms with Crippen LogP contribution in [-0.2, 0) is 4.79 Å². The van der Waals surface area contributed by atoms with Gasteiger partial charge >= 0.3 is 0 Å². The minimum absolute atomic E-state index is 0.135. The van der Waals surface area contributed by atoms with Crippen molar-refractivity contribution >= 4 is 11.6 Å². The van der Waals surface area contributed by atoms with Crippen molar-refractivity contribution in [2.45, 2.75) is 25.3 Å². The second kappa shape index (κ2) is 8.62. The molecule has 6 nitrogen and oxygen atoms in total. The van der Waals surface area contributed by atoms with E-state index in [1.807, 2.05) is 25.2 Å². The Morgan fingerprint density at radius 1 is 1.26 bits per heavy atom. The number of carbonyl (C=O) groups is 1. The molecule has 1 aromatic carbocycles. The minimum Gasteiger partial charge on any atom is -0.497 e. The highest BCUT2D eigenvalue weighted by Gasteiger charge is 2.24. The summed E-state index contributed by atoms with van der Waals surface area (Å²) in [6.07, 6.45) is 2.40. The van der Waals surface area contributed by atoms with Crippen LogP contribution in [0.4, 0.5) is 5.69 Å². The molecule has 23 heavy (non-hydrogen) atoms. The molecule has 0 aromatic heterocycles. The lowest BCUT2D eigenvalue weighted by Crippen LogP contribution is -2.37. The van der Waals surface area contributed by atoms with E-state index >= 15 is 0 Å². The summed E-state index contributed by atoms with van der Waals surface area (Å²) in [7, 11) is 5.20. The molecule has 1 saturated heterocycles. The Kier molecular flexibility index (Phi) is 6.52. The quantitative estimate of drug-likeness (QED) is 0.709. The Morgan fingerprint density at radius 2 is 1.96 bits per heavy atom. The Morgan fingerprint density at radius 3 is 2.57 bits per heavy atom. The highest BCUT2D eigenvalue weighted by atomic mass is 16.5. The van der Waals surface area contributed by atoms with Gasteiger partial charge in [-0.05, 0) is 26.4 Å². The lowest BCUT2D eigenvalue weighted by atomic mass is 10.2. The van der Waals surface area contributed by atoms with Gasteiger partial charge in [0.05, 0.1) is 14.2 Å². The molecule has 1 unspecified atom stereocenters. The van der Waals surface area contributed by atoms with Gasteiger partial charge in [0.15, 0.2) is 0 Å².